The van der Waals surface area contributed by atoms with Gasteiger partial charge >= 0.3 is 0 Å². The van der Waals surface area contributed by atoms with Gasteiger partial charge in [-0.25, -0.2) is 4.39 Å². The maximum atomic E-state index is 13.9. The third kappa shape index (κ3) is 3.99. The van der Waals surface area contributed by atoms with Crippen molar-refractivity contribution < 1.29 is 9.18 Å². The molecule has 106 valence electrons. The first-order chi connectivity index (χ1) is 9.70. The van der Waals surface area contributed by atoms with E-state index >= 15 is 0 Å². The molecule has 1 amide bonds. The van der Waals surface area contributed by atoms with Gasteiger partial charge in [-0.1, -0.05) is 11.8 Å². The molecule has 0 aliphatic carbocycles. The molecule has 0 spiro atoms. The number of halogens is 1. The van der Waals surface area contributed by atoms with Crippen LogP contribution in [0, 0.1) is 17.7 Å². The van der Waals surface area contributed by atoms with Crippen LogP contribution in [0.1, 0.15) is 28.8 Å². The average molecular weight is 292 g/mol. The summed E-state index contributed by atoms with van der Waals surface area (Å²) in [6.07, 6.45) is 2.30. The SMILES string of the molecule is NCC#Cc1ccc(C(=O)NCC2CCCS2)c(F)c1. The van der Waals surface area contributed by atoms with Crippen LogP contribution in [-0.2, 0) is 0 Å². The van der Waals surface area contributed by atoms with Crippen LogP contribution in [0.5, 0.6) is 0 Å². The molecule has 1 aliphatic rings. The van der Waals surface area contributed by atoms with E-state index in [4.69, 9.17) is 5.73 Å². The number of nitrogens with two attached hydrogens (primary N) is 1. The summed E-state index contributed by atoms with van der Waals surface area (Å²) in [5.41, 5.74) is 5.84. The predicted octanol–water partition coefficient (Wildman–Crippen LogP) is 1.76. The van der Waals surface area contributed by atoms with Crippen LogP contribution in [0.4, 0.5) is 4.39 Å². The second-order valence-corrected chi connectivity index (χ2v) is 5.95. The van der Waals surface area contributed by atoms with Gasteiger partial charge in [0.15, 0.2) is 0 Å². The smallest absolute Gasteiger partial charge is 0.254 e. The van der Waals surface area contributed by atoms with Gasteiger partial charge in [0, 0.05) is 17.4 Å². The van der Waals surface area contributed by atoms with Crippen LogP contribution in [0.25, 0.3) is 0 Å². The molecule has 0 saturated carbocycles. The maximum Gasteiger partial charge on any atom is 0.254 e. The number of hydrogen-bond donors (Lipinski definition) is 2. The van der Waals surface area contributed by atoms with Gasteiger partial charge in [0.25, 0.3) is 5.91 Å². The Morgan fingerprint density at radius 2 is 2.40 bits per heavy atom. The van der Waals surface area contributed by atoms with E-state index in [1.807, 2.05) is 11.8 Å². The third-order valence-corrected chi connectivity index (χ3v) is 4.46. The Balaban J connectivity index is 1.98. The fraction of sp³-hybridized carbons (Fsp3) is 0.400. The fourth-order valence-corrected chi connectivity index (χ4v) is 3.24. The van der Waals surface area contributed by atoms with Crippen LogP contribution in [-0.4, -0.2) is 30.0 Å². The summed E-state index contributed by atoms with van der Waals surface area (Å²) in [7, 11) is 0. The molecule has 1 heterocycles. The van der Waals surface area contributed by atoms with E-state index in [1.54, 1.807) is 6.07 Å². The lowest BCUT2D eigenvalue weighted by atomic mass is 10.1. The van der Waals surface area contributed by atoms with E-state index in [-0.39, 0.29) is 18.0 Å². The van der Waals surface area contributed by atoms with Crippen molar-refractivity contribution >= 4 is 17.7 Å². The van der Waals surface area contributed by atoms with Crippen LogP contribution >= 0.6 is 11.8 Å². The van der Waals surface area contributed by atoms with Gasteiger partial charge in [-0.3, -0.25) is 4.79 Å². The normalized spacial score (nSPS) is 17.4. The number of hydrogen-bond acceptors (Lipinski definition) is 3. The highest BCUT2D eigenvalue weighted by Gasteiger charge is 2.18. The maximum absolute atomic E-state index is 13.9. The van der Waals surface area contributed by atoms with Crippen molar-refractivity contribution in [2.45, 2.75) is 18.1 Å². The van der Waals surface area contributed by atoms with Crippen molar-refractivity contribution in [1.29, 1.82) is 0 Å². The van der Waals surface area contributed by atoms with Crippen molar-refractivity contribution in [3.8, 4) is 11.8 Å². The number of carbonyl (C=O) groups is 1. The summed E-state index contributed by atoms with van der Waals surface area (Å²) < 4.78 is 13.9. The molecular formula is C15H17FN2OS. The summed E-state index contributed by atoms with van der Waals surface area (Å²) in [4.78, 5) is 11.9. The van der Waals surface area contributed by atoms with Gasteiger partial charge in [0.1, 0.15) is 5.82 Å². The topological polar surface area (TPSA) is 55.1 Å². The number of carbonyl (C=O) groups excluding carboxylic acids is 1. The molecule has 1 aliphatic heterocycles. The van der Waals surface area contributed by atoms with E-state index in [9.17, 15) is 9.18 Å². The van der Waals surface area contributed by atoms with Gasteiger partial charge in [-0.2, -0.15) is 11.8 Å². The number of amides is 1. The Kier molecular flexibility index (Phi) is 5.45. The quantitative estimate of drug-likeness (QED) is 0.835. The highest BCUT2D eigenvalue weighted by atomic mass is 32.2. The monoisotopic (exact) mass is 292 g/mol. The zero-order valence-electron chi connectivity index (χ0n) is 11.1. The Morgan fingerprint density at radius 3 is 3.05 bits per heavy atom. The van der Waals surface area contributed by atoms with E-state index in [1.165, 1.54) is 18.6 Å². The Labute approximate surface area is 122 Å². The second kappa shape index (κ2) is 7.32. The minimum absolute atomic E-state index is 0.0614. The lowest BCUT2D eigenvalue weighted by Crippen LogP contribution is -2.30. The molecule has 0 aromatic heterocycles. The van der Waals surface area contributed by atoms with Crippen molar-refractivity contribution in [2.24, 2.45) is 5.73 Å². The van der Waals surface area contributed by atoms with Crippen molar-refractivity contribution in [2.75, 3.05) is 18.8 Å². The summed E-state index contributed by atoms with van der Waals surface area (Å²) in [5, 5.41) is 3.24. The van der Waals surface area contributed by atoms with Gasteiger partial charge in [-0.15, -0.1) is 0 Å². The largest absolute Gasteiger partial charge is 0.351 e. The molecular weight excluding hydrogens is 275 g/mol. The summed E-state index contributed by atoms with van der Waals surface area (Å²) in [6.45, 7) is 0.820. The molecule has 1 aromatic rings. The van der Waals surface area contributed by atoms with Crippen LogP contribution < -0.4 is 11.1 Å². The number of nitrogens with one attached hydrogen (secondary N) is 1. The molecule has 1 unspecified atom stereocenters. The molecule has 1 aromatic carbocycles. The van der Waals surface area contributed by atoms with E-state index in [2.05, 4.69) is 17.2 Å². The van der Waals surface area contributed by atoms with Crippen molar-refractivity contribution in [3.63, 3.8) is 0 Å². The van der Waals surface area contributed by atoms with Gasteiger partial charge in [-0.05, 0) is 36.8 Å². The van der Waals surface area contributed by atoms with E-state index < -0.39 is 5.82 Å². The molecule has 20 heavy (non-hydrogen) atoms. The fourth-order valence-electron chi connectivity index (χ4n) is 2.04. The predicted molar refractivity (Wildman–Crippen MR) is 80.1 cm³/mol. The molecule has 3 nitrogen and oxygen atoms in total. The molecule has 3 N–H and O–H groups in total. The lowest BCUT2D eigenvalue weighted by Gasteiger charge is -2.10. The molecule has 2 rings (SSSR count). The minimum atomic E-state index is -0.551. The molecule has 5 heteroatoms. The summed E-state index contributed by atoms with van der Waals surface area (Å²) >= 11 is 1.86. The molecule has 1 atom stereocenters. The first kappa shape index (κ1) is 14.9. The first-order valence-electron chi connectivity index (χ1n) is 6.59. The second-order valence-electron chi connectivity index (χ2n) is 4.55. The van der Waals surface area contributed by atoms with Gasteiger partial charge < -0.3 is 11.1 Å². The zero-order chi connectivity index (χ0) is 14.4. The zero-order valence-corrected chi connectivity index (χ0v) is 11.9. The number of rotatable bonds is 3. The Hall–Kier alpha value is -1.51. The van der Waals surface area contributed by atoms with Crippen LogP contribution in [0.2, 0.25) is 0 Å². The molecule has 0 bridgehead atoms. The standard InChI is InChI=1S/C15H17FN2OS/c16-14-9-11(3-1-7-17)5-6-13(14)15(19)18-10-12-4-2-8-20-12/h5-6,9,12H,2,4,7-8,10,17H2,(H,18,19). The molecule has 0 radical (unpaired) electrons. The molecule has 1 saturated heterocycles. The van der Waals surface area contributed by atoms with E-state index in [0.29, 0.717) is 17.4 Å². The van der Waals surface area contributed by atoms with Crippen molar-refractivity contribution in [3.05, 3.63) is 35.1 Å². The summed E-state index contributed by atoms with van der Waals surface area (Å²) in [6, 6.07) is 4.36. The highest BCUT2D eigenvalue weighted by molar-refractivity contribution is 8.00. The minimum Gasteiger partial charge on any atom is -0.351 e. The van der Waals surface area contributed by atoms with Crippen LogP contribution in [0.15, 0.2) is 18.2 Å². The Bertz CT molecular complexity index is 545. The van der Waals surface area contributed by atoms with Crippen LogP contribution in [0.3, 0.4) is 0 Å². The van der Waals surface area contributed by atoms with E-state index in [0.717, 1.165) is 12.2 Å². The number of benzene rings is 1. The average Bonchev–Trinajstić information content (AvgIpc) is 2.96. The lowest BCUT2D eigenvalue weighted by molar-refractivity contribution is 0.0949. The first-order valence-corrected chi connectivity index (χ1v) is 7.64. The number of thioether (sulfide) groups is 1. The Morgan fingerprint density at radius 1 is 1.55 bits per heavy atom. The highest BCUT2D eigenvalue weighted by Crippen LogP contribution is 2.25. The van der Waals surface area contributed by atoms with Crippen molar-refractivity contribution in [1.82, 2.24) is 5.32 Å². The van der Waals surface area contributed by atoms with Gasteiger partial charge in [0.05, 0.1) is 12.1 Å². The third-order valence-electron chi connectivity index (χ3n) is 3.06. The van der Waals surface area contributed by atoms with Gasteiger partial charge in [0.2, 0.25) is 0 Å². The molecule has 1 fully saturated rings. The summed E-state index contributed by atoms with van der Waals surface area (Å²) in [5.74, 6) is 5.61.